The van der Waals surface area contributed by atoms with Crippen LogP contribution in [0.15, 0.2) is 18.2 Å². The molecule has 0 radical (unpaired) electrons. The Hall–Kier alpha value is -2.24. The fourth-order valence-corrected chi connectivity index (χ4v) is 1.93. The van der Waals surface area contributed by atoms with E-state index in [0.29, 0.717) is 42.4 Å². The average molecular weight is 291 g/mol. The number of amides is 2. The van der Waals surface area contributed by atoms with E-state index in [0.717, 1.165) is 12.8 Å². The standard InChI is InChI=1S/C15H21N3O3/c1-21-11-6-7-13(16)12(9-11)15(20)17-8-2-3-14(19)18-10-4-5-10/h6-7,9-10H,2-5,8,16H2,1H3,(H,17,20)(H,18,19). The van der Waals surface area contributed by atoms with Gasteiger partial charge in [-0.1, -0.05) is 0 Å². The Morgan fingerprint density at radius 2 is 2.14 bits per heavy atom. The Labute approximate surface area is 124 Å². The highest BCUT2D eigenvalue weighted by Crippen LogP contribution is 2.19. The largest absolute Gasteiger partial charge is 0.497 e. The van der Waals surface area contributed by atoms with Crippen LogP contribution >= 0.6 is 0 Å². The normalized spacial score (nSPS) is 13.6. The van der Waals surface area contributed by atoms with Gasteiger partial charge in [0.05, 0.1) is 12.7 Å². The summed E-state index contributed by atoms with van der Waals surface area (Å²) in [5, 5.41) is 5.67. The lowest BCUT2D eigenvalue weighted by Crippen LogP contribution is -2.28. The molecule has 1 aliphatic rings. The second-order valence-electron chi connectivity index (χ2n) is 5.15. The maximum absolute atomic E-state index is 12.0. The molecule has 6 heteroatoms. The molecule has 1 aromatic rings. The minimum absolute atomic E-state index is 0.0487. The van der Waals surface area contributed by atoms with Crippen LogP contribution in [-0.2, 0) is 4.79 Å². The van der Waals surface area contributed by atoms with Crippen molar-refractivity contribution in [3.05, 3.63) is 23.8 Å². The summed E-state index contributed by atoms with van der Waals surface area (Å²) < 4.78 is 5.07. The quantitative estimate of drug-likeness (QED) is 0.517. The third-order valence-corrected chi connectivity index (χ3v) is 3.31. The second kappa shape index (κ2) is 6.97. The third kappa shape index (κ3) is 4.66. The average Bonchev–Trinajstić information content (AvgIpc) is 3.27. The van der Waals surface area contributed by atoms with E-state index >= 15 is 0 Å². The van der Waals surface area contributed by atoms with Gasteiger partial charge >= 0.3 is 0 Å². The molecular formula is C15H21N3O3. The minimum Gasteiger partial charge on any atom is -0.497 e. The van der Waals surface area contributed by atoms with E-state index in [1.54, 1.807) is 18.2 Å². The van der Waals surface area contributed by atoms with Crippen LogP contribution < -0.4 is 21.1 Å². The third-order valence-electron chi connectivity index (χ3n) is 3.31. The van der Waals surface area contributed by atoms with Crippen molar-refractivity contribution < 1.29 is 14.3 Å². The van der Waals surface area contributed by atoms with Crippen LogP contribution in [0.4, 0.5) is 5.69 Å². The summed E-state index contributed by atoms with van der Waals surface area (Å²) in [5.74, 6) is 0.375. The van der Waals surface area contributed by atoms with Crippen LogP contribution in [0, 0.1) is 0 Å². The lowest BCUT2D eigenvalue weighted by atomic mass is 10.1. The number of rotatable bonds is 7. The first-order valence-corrected chi connectivity index (χ1v) is 7.11. The second-order valence-corrected chi connectivity index (χ2v) is 5.15. The molecule has 2 amide bonds. The van der Waals surface area contributed by atoms with Gasteiger partial charge in [-0.2, -0.15) is 0 Å². The molecule has 0 unspecified atom stereocenters. The number of nitrogens with two attached hydrogens (primary N) is 1. The van der Waals surface area contributed by atoms with Gasteiger partial charge in [-0.25, -0.2) is 0 Å². The molecule has 1 fully saturated rings. The maximum Gasteiger partial charge on any atom is 0.253 e. The molecule has 1 aliphatic carbocycles. The number of ether oxygens (including phenoxy) is 1. The van der Waals surface area contributed by atoms with E-state index in [-0.39, 0.29) is 11.8 Å². The zero-order valence-electron chi connectivity index (χ0n) is 12.1. The van der Waals surface area contributed by atoms with Crippen molar-refractivity contribution in [1.82, 2.24) is 10.6 Å². The summed E-state index contributed by atoms with van der Waals surface area (Å²) in [5.41, 5.74) is 6.57. The number of carbonyl (C=O) groups is 2. The molecule has 1 saturated carbocycles. The maximum atomic E-state index is 12.0. The van der Waals surface area contributed by atoms with Crippen LogP contribution in [-0.4, -0.2) is 31.5 Å². The molecule has 4 N–H and O–H groups in total. The minimum atomic E-state index is -0.256. The summed E-state index contributed by atoms with van der Waals surface area (Å²) in [6, 6.07) is 5.32. The Morgan fingerprint density at radius 1 is 1.38 bits per heavy atom. The summed E-state index contributed by atoms with van der Waals surface area (Å²) in [4.78, 5) is 23.5. The number of anilines is 1. The Morgan fingerprint density at radius 3 is 2.81 bits per heavy atom. The van der Waals surface area contributed by atoms with Crippen molar-refractivity contribution in [3.63, 3.8) is 0 Å². The van der Waals surface area contributed by atoms with Gasteiger partial charge in [0.15, 0.2) is 0 Å². The first-order valence-electron chi connectivity index (χ1n) is 7.11. The molecule has 0 aromatic heterocycles. The Balaban J connectivity index is 1.74. The number of nitrogen functional groups attached to an aromatic ring is 1. The van der Waals surface area contributed by atoms with Gasteiger partial charge in [-0.3, -0.25) is 9.59 Å². The van der Waals surface area contributed by atoms with Crippen molar-refractivity contribution >= 4 is 17.5 Å². The van der Waals surface area contributed by atoms with E-state index in [9.17, 15) is 9.59 Å². The summed E-state index contributed by atoms with van der Waals surface area (Å²) in [7, 11) is 1.53. The molecule has 0 bridgehead atoms. The molecule has 0 heterocycles. The van der Waals surface area contributed by atoms with Crippen LogP contribution in [0.1, 0.15) is 36.0 Å². The van der Waals surface area contributed by atoms with Crippen molar-refractivity contribution in [2.75, 3.05) is 19.4 Å². The number of methoxy groups -OCH3 is 1. The monoisotopic (exact) mass is 291 g/mol. The van der Waals surface area contributed by atoms with Gasteiger partial charge in [-0.15, -0.1) is 0 Å². The zero-order valence-corrected chi connectivity index (χ0v) is 12.1. The van der Waals surface area contributed by atoms with Crippen LogP contribution in [0.3, 0.4) is 0 Å². The van der Waals surface area contributed by atoms with Gasteiger partial charge < -0.3 is 21.1 Å². The van der Waals surface area contributed by atoms with E-state index in [1.165, 1.54) is 7.11 Å². The Bertz CT molecular complexity index is 527. The molecule has 0 atom stereocenters. The number of carbonyl (C=O) groups excluding carboxylic acids is 2. The highest BCUT2D eigenvalue weighted by atomic mass is 16.5. The first-order chi connectivity index (χ1) is 10.1. The number of hydrogen-bond donors (Lipinski definition) is 3. The predicted molar refractivity (Wildman–Crippen MR) is 80.1 cm³/mol. The topological polar surface area (TPSA) is 93.4 Å². The molecule has 0 aliphatic heterocycles. The molecule has 0 spiro atoms. The smallest absolute Gasteiger partial charge is 0.253 e. The number of nitrogens with one attached hydrogen (secondary N) is 2. The first kappa shape index (κ1) is 15.2. The highest BCUT2D eigenvalue weighted by molar-refractivity contribution is 5.99. The Kier molecular flexibility index (Phi) is 5.03. The van der Waals surface area contributed by atoms with Crippen LogP contribution in [0.2, 0.25) is 0 Å². The van der Waals surface area contributed by atoms with Crippen molar-refractivity contribution in [2.45, 2.75) is 31.7 Å². The molecule has 2 rings (SSSR count). The van der Waals surface area contributed by atoms with Crippen LogP contribution in [0.25, 0.3) is 0 Å². The van der Waals surface area contributed by atoms with Crippen molar-refractivity contribution in [2.24, 2.45) is 0 Å². The summed E-state index contributed by atoms with van der Waals surface area (Å²) >= 11 is 0. The van der Waals surface area contributed by atoms with Gasteiger partial charge in [-0.05, 0) is 37.5 Å². The van der Waals surface area contributed by atoms with Gasteiger partial charge in [0, 0.05) is 24.7 Å². The van der Waals surface area contributed by atoms with E-state index < -0.39 is 0 Å². The lowest BCUT2D eigenvalue weighted by molar-refractivity contribution is -0.121. The van der Waals surface area contributed by atoms with Gasteiger partial charge in [0.2, 0.25) is 5.91 Å². The van der Waals surface area contributed by atoms with E-state index in [1.807, 2.05) is 0 Å². The zero-order chi connectivity index (χ0) is 15.2. The predicted octanol–water partition coefficient (Wildman–Crippen LogP) is 1.07. The van der Waals surface area contributed by atoms with E-state index in [2.05, 4.69) is 10.6 Å². The van der Waals surface area contributed by atoms with Gasteiger partial charge in [0.1, 0.15) is 5.75 Å². The molecule has 114 valence electrons. The summed E-state index contributed by atoms with van der Waals surface area (Å²) in [6.07, 6.45) is 3.19. The molecule has 6 nitrogen and oxygen atoms in total. The molecule has 1 aromatic carbocycles. The molecule has 21 heavy (non-hydrogen) atoms. The van der Waals surface area contributed by atoms with Crippen molar-refractivity contribution in [3.8, 4) is 5.75 Å². The number of benzene rings is 1. The van der Waals surface area contributed by atoms with E-state index in [4.69, 9.17) is 10.5 Å². The number of hydrogen-bond acceptors (Lipinski definition) is 4. The summed E-state index contributed by atoms with van der Waals surface area (Å²) in [6.45, 7) is 0.438. The van der Waals surface area contributed by atoms with Crippen LogP contribution in [0.5, 0.6) is 5.75 Å². The molecular weight excluding hydrogens is 270 g/mol. The fraction of sp³-hybridized carbons (Fsp3) is 0.467. The lowest BCUT2D eigenvalue weighted by Gasteiger charge is -2.09. The SMILES string of the molecule is COc1ccc(N)c(C(=O)NCCCC(=O)NC2CC2)c1. The highest BCUT2D eigenvalue weighted by Gasteiger charge is 2.22. The van der Waals surface area contributed by atoms with Gasteiger partial charge in [0.25, 0.3) is 5.91 Å². The fourth-order valence-electron chi connectivity index (χ4n) is 1.93. The van der Waals surface area contributed by atoms with Crippen molar-refractivity contribution in [1.29, 1.82) is 0 Å². The molecule has 0 saturated heterocycles.